The van der Waals surface area contributed by atoms with Gasteiger partial charge in [0.2, 0.25) is 0 Å². The van der Waals surface area contributed by atoms with Crippen LogP contribution in [0.2, 0.25) is 0 Å². The molecular formula is C10H20ClN. The zero-order valence-electron chi connectivity index (χ0n) is 8.82. The van der Waals surface area contributed by atoms with E-state index >= 15 is 0 Å². The van der Waals surface area contributed by atoms with E-state index in [-0.39, 0.29) is 11.1 Å². The minimum atomic E-state index is 0.244. The second-order valence-electron chi connectivity index (χ2n) is 5.19. The van der Waals surface area contributed by atoms with E-state index in [2.05, 4.69) is 39.6 Å². The molecule has 1 aliphatic rings. The van der Waals surface area contributed by atoms with Gasteiger partial charge >= 0.3 is 0 Å². The Balaban J connectivity index is 2.84. The lowest BCUT2D eigenvalue weighted by molar-refractivity contribution is 0.000216. The van der Waals surface area contributed by atoms with Crippen molar-refractivity contribution in [1.29, 1.82) is 0 Å². The molecular weight excluding hydrogens is 170 g/mol. The Morgan fingerprint density at radius 3 is 1.75 bits per heavy atom. The molecule has 1 fully saturated rings. The molecule has 72 valence electrons. The van der Waals surface area contributed by atoms with E-state index in [1.165, 1.54) is 0 Å². The van der Waals surface area contributed by atoms with E-state index in [1.807, 2.05) is 0 Å². The fraction of sp³-hybridized carbons (Fsp3) is 1.00. The average molecular weight is 190 g/mol. The molecule has 0 radical (unpaired) electrons. The molecule has 1 heterocycles. The summed E-state index contributed by atoms with van der Waals surface area (Å²) >= 11 is 6.22. The van der Waals surface area contributed by atoms with Crippen LogP contribution in [-0.2, 0) is 0 Å². The van der Waals surface area contributed by atoms with Crippen LogP contribution in [0, 0.1) is 0 Å². The van der Waals surface area contributed by atoms with E-state index in [4.69, 9.17) is 11.6 Å². The molecule has 0 unspecified atom stereocenters. The summed E-state index contributed by atoms with van der Waals surface area (Å²) in [5.41, 5.74) is 0.488. The molecule has 12 heavy (non-hydrogen) atoms. The van der Waals surface area contributed by atoms with Crippen molar-refractivity contribution in [3.63, 3.8) is 0 Å². The van der Waals surface area contributed by atoms with Gasteiger partial charge < -0.3 is 0 Å². The molecule has 1 rings (SSSR count). The molecule has 0 aromatic carbocycles. The van der Waals surface area contributed by atoms with Gasteiger partial charge in [0.25, 0.3) is 0 Å². The molecule has 1 saturated heterocycles. The molecule has 1 nitrogen and oxygen atoms in total. The first kappa shape index (κ1) is 10.3. The second-order valence-corrected chi connectivity index (χ2v) is 5.81. The molecule has 0 atom stereocenters. The zero-order valence-corrected chi connectivity index (χ0v) is 9.57. The Labute approximate surface area is 81.1 Å². The summed E-state index contributed by atoms with van der Waals surface area (Å²) in [6.45, 7) is 9.07. The van der Waals surface area contributed by atoms with Crippen molar-refractivity contribution in [2.75, 3.05) is 7.05 Å². The van der Waals surface area contributed by atoms with Gasteiger partial charge in [-0.1, -0.05) is 0 Å². The maximum absolute atomic E-state index is 6.22. The summed E-state index contributed by atoms with van der Waals surface area (Å²) in [5.74, 6) is 0. The van der Waals surface area contributed by atoms with Gasteiger partial charge in [-0.15, -0.1) is 11.6 Å². The molecule has 1 aliphatic heterocycles. The largest absolute Gasteiger partial charge is 0.296 e. The maximum atomic E-state index is 6.22. The van der Waals surface area contributed by atoms with Crippen molar-refractivity contribution in [2.45, 2.75) is 57.0 Å². The van der Waals surface area contributed by atoms with Gasteiger partial charge in [0, 0.05) is 16.5 Å². The number of nitrogens with zero attached hydrogens (tertiary/aromatic N) is 1. The van der Waals surface area contributed by atoms with Crippen molar-refractivity contribution in [3.05, 3.63) is 0 Å². The van der Waals surface area contributed by atoms with Crippen LogP contribution < -0.4 is 0 Å². The fourth-order valence-corrected chi connectivity index (χ4v) is 3.00. The summed E-state index contributed by atoms with van der Waals surface area (Å²) in [4.78, 5) is 2.44. The van der Waals surface area contributed by atoms with Crippen LogP contribution in [0.25, 0.3) is 0 Å². The predicted molar refractivity (Wildman–Crippen MR) is 54.8 cm³/mol. The van der Waals surface area contributed by atoms with E-state index < -0.39 is 0 Å². The van der Waals surface area contributed by atoms with Crippen LogP contribution in [-0.4, -0.2) is 28.4 Å². The van der Waals surface area contributed by atoms with Crippen molar-refractivity contribution in [3.8, 4) is 0 Å². The third-order valence-corrected chi connectivity index (χ3v) is 3.57. The van der Waals surface area contributed by atoms with E-state index in [9.17, 15) is 0 Å². The highest BCUT2D eigenvalue weighted by Gasteiger charge is 2.42. The molecule has 0 aliphatic carbocycles. The van der Waals surface area contributed by atoms with Crippen LogP contribution in [0.1, 0.15) is 40.5 Å². The molecule has 0 N–H and O–H groups in total. The lowest BCUT2D eigenvalue weighted by atomic mass is 9.80. The number of alkyl halides is 1. The number of halogens is 1. The summed E-state index contributed by atoms with van der Waals surface area (Å²) in [7, 11) is 2.20. The van der Waals surface area contributed by atoms with Gasteiger partial charge in [-0.3, -0.25) is 4.90 Å². The predicted octanol–water partition coefficient (Wildman–Crippen LogP) is 2.88. The Morgan fingerprint density at radius 2 is 1.42 bits per heavy atom. The fourth-order valence-electron chi connectivity index (χ4n) is 2.25. The highest BCUT2D eigenvalue weighted by atomic mass is 35.5. The lowest BCUT2D eigenvalue weighted by Crippen LogP contribution is -2.58. The summed E-state index contributed by atoms with van der Waals surface area (Å²) in [5, 5.41) is 0.339. The average Bonchev–Trinajstić information content (AvgIpc) is 1.80. The van der Waals surface area contributed by atoms with E-state index in [0.29, 0.717) is 5.38 Å². The lowest BCUT2D eigenvalue weighted by Gasteiger charge is -2.52. The third kappa shape index (κ3) is 1.77. The minimum Gasteiger partial charge on any atom is -0.296 e. The Kier molecular flexibility index (Phi) is 2.48. The Hall–Kier alpha value is 0.250. The number of rotatable bonds is 0. The normalized spacial score (nSPS) is 30.5. The van der Waals surface area contributed by atoms with Crippen LogP contribution in [0.3, 0.4) is 0 Å². The van der Waals surface area contributed by atoms with Crippen LogP contribution in [0.15, 0.2) is 0 Å². The molecule has 0 amide bonds. The Morgan fingerprint density at radius 1 is 1.08 bits per heavy atom. The van der Waals surface area contributed by atoms with Gasteiger partial charge in [0.05, 0.1) is 0 Å². The molecule has 0 aromatic heterocycles. The maximum Gasteiger partial charge on any atom is 0.0370 e. The first-order valence-electron chi connectivity index (χ1n) is 4.64. The highest BCUT2D eigenvalue weighted by Crippen LogP contribution is 2.38. The first-order chi connectivity index (χ1) is 5.26. The van der Waals surface area contributed by atoms with Crippen molar-refractivity contribution in [1.82, 2.24) is 4.90 Å². The summed E-state index contributed by atoms with van der Waals surface area (Å²) in [6.07, 6.45) is 2.18. The van der Waals surface area contributed by atoms with Gasteiger partial charge in [0.1, 0.15) is 0 Å². The molecule has 0 spiro atoms. The topological polar surface area (TPSA) is 3.24 Å². The number of hydrogen-bond donors (Lipinski definition) is 0. The summed E-state index contributed by atoms with van der Waals surface area (Å²) < 4.78 is 0. The number of hydrogen-bond acceptors (Lipinski definition) is 1. The second kappa shape index (κ2) is 2.88. The minimum absolute atomic E-state index is 0.244. The monoisotopic (exact) mass is 189 g/mol. The summed E-state index contributed by atoms with van der Waals surface area (Å²) in [6, 6.07) is 0. The standard InChI is InChI=1S/C10H20ClN/c1-9(2)6-8(11)7-10(3,4)12(9)5/h8H,6-7H2,1-5H3. The van der Waals surface area contributed by atoms with Crippen molar-refractivity contribution >= 4 is 11.6 Å². The van der Waals surface area contributed by atoms with E-state index in [1.54, 1.807) is 0 Å². The van der Waals surface area contributed by atoms with Gasteiger partial charge in [-0.2, -0.15) is 0 Å². The number of likely N-dealkylation sites (tertiary alicyclic amines) is 1. The van der Waals surface area contributed by atoms with Crippen molar-refractivity contribution < 1.29 is 0 Å². The SMILES string of the molecule is CN1C(C)(C)CC(Cl)CC1(C)C. The third-order valence-electron chi connectivity index (χ3n) is 3.26. The van der Waals surface area contributed by atoms with E-state index in [0.717, 1.165) is 12.8 Å². The van der Waals surface area contributed by atoms with Gasteiger partial charge in [-0.05, 0) is 47.6 Å². The smallest absolute Gasteiger partial charge is 0.0370 e. The van der Waals surface area contributed by atoms with Crippen LogP contribution in [0.5, 0.6) is 0 Å². The first-order valence-corrected chi connectivity index (χ1v) is 5.07. The molecule has 0 bridgehead atoms. The molecule has 0 aromatic rings. The van der Waals surface area contributed by atoms with Gasteiger partial charge in [0.15, 0.2) is 0 Å². The quantitative estimate of drug-likeness (QED) is 0.530. The number of piperidine rings is 1. The van der Waals surface area contributed by atoms with Gasteiger partial charge in [-0.25, -0.2) is 0 Å². The van der Waals surface area contributed by atoms with Crippen molar-refractivity contribution in [2.24, 2.45) is 0 Å². The van der Waals surface area contributed by atoms with Crippen LogP contribution >= 0.6 is 11.6 Å². The highest BCUT2D eigenvalue weighted by molar-refractivity contribution is 6.20. The van der Waals surface area contributed by atoms with Crippen LogP contribution in [0.4, 0.5) is 0 Å². The Bertz CT molecular complexity index is 157. The zero-order chi connectivity index (χ0) is 9.57. The molecule has 0 saturated carbocycles. The molecule has 2 heteroatoms.